The molecule has 1 aliphatic heterocycles. The first-order valence-electron chi connectivity index (χ1n) is 7.54. The number of aliphatic hydroxyl groups excluding tert-OH is 1. The highest BCUT2D eigenvalue weighted by molar-refractivity contribution is 5.64. The van der Waals surface area contributed by atoms with Crippen LogP contribution < -0.4 is 9.47 Å². The van der Waals surface area contributed by atoms with Gasteiger partial charge in [-0.3, -0.25) is 0 Å². The van der Waals surface area contributed by atoms with E-state index >= 15 is 0 Å². The molecule has 4 heteroatoms. The normalized spacial score (nSPS) is 16.3. The van der Waals surface area contributed by atoms with Gasteiger partial charge in [0.2, 0.25) is 0 Å². The first-order valence-corrected chi connectivity index (χ1v) is 7.54. The maximum atomic E-state index is 8.73. The van der Waals surface area contributed by atoms with Crippen molar-refractivity contribution >= 4 is 0 Å². The van der Waals surface area contributed by atoms with Gasteiger partial charge >= 0.3 is 0 Å². The van der Waals surface area contributed by atoms with Crippen molar-refractivity contribution in [3.8, 4) is 22.6 Å². The monoisotopic (exact) mass is 300 g/mol. The zero-order valence-corrected chi connectivity index (χ0v) is 12.4. The van der Waals surface area contributed by atoms with E-state index in [4.69, 9.17) is 19.3 Å². The summed E-state index contributed by atoms with van der Waals surface area (Å²) in [5.74, 6) is 1.68. The van der Waals surface area contributed by atoms with E-state index < -0.39 is 0 Å². The van der Waals surface area contributed by atoms with Crippen molar-refractivity contribution < 1.29 is 19.3 Å². The van der Waals surface area contributed by atoms with Gasteiger partial charge in [0.05, 0.1) is 13.2 Å². The van der Waals surface area contributed by atoms with Gasteiger partial charge in [-0.05, 0) is 35.4 Å². The van der Waals surface area contributed by atoms with Gasteiger partial charge in [-0.1, -0.05) is 24.3 Å². The minimum absolute atomic E-state index is 0.152. The molecule has 1 atom stereocenters. The van der Waals surface area contributed by atoms with Gasteiger partial charge in [0.25, 0.3) is 0 Å². The summed E-state index contributed by atoms with van der Waals surface area (Å²) in [7, 11) is 0. The van der Waals surface area contributed by atoms with Gasteiger partial charge in [0.1, 0.15) is 24.2 Å². The molecule has 22 heavy (non-hydrogen) atoms. The highest BCUT2D eigenvalue weighted by atomic mass is 16.6. The van der Waals surface area contributed by atoms with E-state index in [9.17, 15) is 0 Å². The highest BCUT2D eigenvalue weighted by Crippen LogP contribution is 2.25. The average molecular weight is 300 g/mol. The number of hydrogen-bond acceptors (Lipinski definition) is 4. The summed E-state index contributed by atoms with van der Waals surface area (Å²) in [5.41, 5.74) is 2.27. The van der Waals surface area contributed by atoms with Crippen LogP contribution in [0, 0.1) is 0 Å². The summed E-state index contributed by atoms with van der Waals surface area (Å²) in [6, 6.07) is 16.0. The molecule has 1 heterocycles. The lowest BCUT2D eigenvalue weighted by atomic mass is 10.1. The molecule has 0 aromatic heterocycles. The van der Waals surface area contributed by atoms with Crippen LogP contribution in [0.15, 0.2) is 48.5 Å². The van der Waals surface area contributed by atoms with Crippen molar-refractivity contribution in [2.24, 2.45) is 0 Å². The highest BCUT2D eigenvalue weighted by Gasteiger charge is 2.22. The van der Waals surface area contributed by atoms with Gasteiger partial charge in [0, 0.05) is 13.0 Å². The van der Waals surface area contributed by atoms with Crippen LogP contribution in [0.2, 0.25) is 0 Å². The standard InChI is InChI=1S/C18H20O4/c19-10-1-11-20-16-6-2-14(3-7-16)15-4-8-17(9-5-15)21-12-18-13-22-18/h2-9,18-19H,1,10-13H2. The smallest absolute Gasteiger partial charge is 0.119 e. The van der Waals surface area contributed by atoms with Crippen molar-refractivity contribution in [1.29, 1.82) is 0 Å². The molecule has 0 aliphatic carbocycles. The topological polar surface area (TPSA) is 51.2 Å². The fourth-order valence-corrected chi connectivity index (χ4v) is 2.10. The van der Waals surface area contributed by atoms with E-state index in [0.29, 0.717) is 19.6 Å². The molecule has 0 spiro atoms. The van der Waals surface area contributed by atoms with Gasteiger partial charge in [-0.2, -0.15) is 0 Å². The van der Waals surface area contributed by atoms with Crippen LogP contribution in [0.3, 0.4) is 0 Å². The van der Waals surface area contributed by atoms with Crippen LogP contribution in [0.1, 0.15) is 6.42 Å². The predicted molar refractivity (Wildman–Crippen MR) is 84.3 cm³/mol. The average Bonchev–Trinajstić information content (AvgIpc) is 3.39. The molecule has 2 aromatic carbocycles. The molecule has 0 amide bonds. The molecular formula is C18H20O4. The van der Waals surface area contributed by atoms with Gasteiger partial charge in [-0.15, -0.1) is 0 Å². The summed E-state index contributed by atoms with van der Waals surface area (Å²) in [6.45, 7) is 2.12. The molecule has 0 radical (unpaired) electrons. The molecule has 1 aliphatic rings. The molecule has 1 saturated heterocycles. The largest absolute Gasteiger partial charge is 0.494 e. The SMILES string of the molecule is OCCCOc1ccc(-c2ccc(OCC3CO3)cc2)cc1. The Morgan fingerprint density at radius 2 is 1.45 bits per heavy atom. The summed E-state index contributed by atoms with van der Waals surface area (Å²) in [4.78, 5) is 0. The predicted octanol–water partition coefficient (Wildman–Crippen LogP) is 2.89. The number of aliphatic hydroxyl groups is 1. The Kier molecular flexibility index (Phi) is 4.93. The molecule has 3 rings (SSSR count). The molecule has 0 saturated carbocycles. The van der Waals surface area contributed by atoms with Crippen LogP contribution in [0.25, 0.3) is 11.1 Å². The van der Waals surface area contributed by atoms with Crippen molar-refractivity contribution in [2.45, 2.75) is 12.5 Å². The number of rotatable bonds is 8. The second-order valence-electron chi connectivity index (χ2n) is 5.24. The minimum atomic E-state index is 0.152. The lowest BCUT2D eigenvalue weighted by Gasteiger charge is -2.08. The first-order chi connectivity index (χ1) is 10.8. The lowest BCUT2D eigenvalue weighted by molar-refractivity contribution is 0.233. The molecule has 1 fully saturated rings. The number of ether oxygens (including phenoxy) is 3. The zero-order chi connectivity index (χ0) is 15.2. The molecule has 2 aromatic rings. The van der Waals surface area contributed by atoms with Crippen LogP contribution >= 0.6 is 0 Å². The third-order valence-corrected chi connectivity index (χ3v) is 3.45. The van der Waals surface area contributed by atoms with E-state index in [1.165, 1.54) is 0 Å². The third kappa shape index (κ3) is 4.23. The van der Waals surface area contributed by atoms with E-state index in [0.717, 1.165) is 29.2 Å². The summed E-state index contributed by atoms with van der Waals surface area (Å²) >= 11 is 0. The van der Waals surface area contributed by atoms with Crippen LogP contribution in [0.4, 0.5) is 0 Å². The number of benzene rings is 2. The molecule has 116 valence electrons. The summed E-state index contributed by atoms with van der Waals surface area (Å²) in [6.07, 6.45) is 0.924. The van der Waals surface area contributed by atoms with E-state index in [1.807, 2.05) is 48.5 Å². The molecule has 4 nitrogen and oxygen atoms in total. The maximum Gasteiger partial charge on any atom is 0.119 e. The Labute approximate surface area is 130 Å². The fourth-order valence-electron chi connectivity index (χ4n) is 2.10. The number of hydrogen-bond donors (Lipinski definition) is 1. The Morgan fingerprint density at radius 1 is 0.909 bits per heavy atom. The second kappa shape index (κ2) is 7.29. The zero-order valence-electron chi connectivity index (χ0n) is 12.4. The van der Waals surface area contributed by atoms with E-state index in [2.05, 4.69) is 0 Å². The quantitative estimate of drug-likeness (QED) is 0.601. The lowest BCUT2D eigenvalue weighted by Crippen LogP contribution is -2.03. The molecule has 1 unspecified atom stereocenters. The van der Waals surface area contributed by atoms with Gasteiger partial charge in [0.15, 0.2) is 0 Å². The van der Waals surface area contributed by atoms with Gasteiger partial charge < -0.3 is 19.3 Å². The van der Waals surface area contributed by atoms with Crippen LogP contribution in [-0.2, 0) is 4.74 Å². The summed E-state index contributed by atoms with van der Waals surface area (Å²) in [5, 5.41) is 8.73. The van der Waals surface area contributed by atoms with Crippen LogP contribution in [-0.4, -0.2) is 37.6 Å². The second-order valence-corrected chi connectivity index (χ2v) is 5.24. The molecular weight excluding hydrogens is 280 g/mol. The van der Waals surface area contributed by atoms with Crippen LogP contribution in [0.5, 0.6) is 11.5 Å². The minimum Gasteiger partial charge on any atom is -0.494 e. The van der Waals surface area contributed by atoms with Crippen molar-refractivity contribution in [1.82, 2.24) is 0 Å². The molecule has 1 N–H and O–H groups in total. The Bertz CT molecular complexity index is 573. The summed E-state index contributed by atoms with van der Waals surface area (Å²) < 4.78 is 16.3. The number of epoxide rings is 1. The molecule has 0 bridgehead atoms. The fraction of sp³-hybridized carbons (Fsp3) is 0.333. The Balaban J connectivity index is 1.57. The van der Waals surface area contributed by atoms with Crippen molar-refractivity contribution in [3.63, 3.8) is 0 Å². The Hall–Kier alpha value is -2.04. The van der Waals surface area contributed by atoms with Crippen molar-refractivity contribution in [3.05, 3.63) is 48.5 Å². The maximum absolute atomic E-state index is 8.73. The van der Waals surface area contributed by atoms with Crippen molar-refractivity contribution in [2.75, 3.05) is 26.4 Å². The van der Waals surface area contributed by atoms with Gasteiger partial charge in [-0.25, -0.2) is 0 Å². The third-order valence-electron chi connectivity index (χ3n) is 3.45. The van der Waals surface area contributed by atoms with E-state index in [-0.39, 0.29) is 12.7 Å². The Morgan fingerprint density at radius 3 is 1.95 bits per heavy atom. The first kappa shape index (κ1) is 14.9. The van der Waals surface area contributed by atoms with E-state index in [1.54, 1.807) is 0 Å².